The highest BCUT2D eigenvalue weighted by molar-refractivity contribution is 5.26. The van der Waals surface area contributed by atoms with E-state index in [2.05, 4.69) is 0 Å². The third-order valence-corrected chi connectivity index (χ3v) is 2.30. The molecule has 1 atom stereocenters. The molecule has 1 aromatic rings. The Hall–Kier alpha value is -1.07. The number of alkyl halides is 3. The van der Waals surface area contributed by atoms with Crippen LogP contribution in [0.15, 0.2) is 24.3 Å². The van der Waals surface area contributed by atoms with Crippen LogP contribution in [-0.2, 0) is 12.6 Å². The third-order valence-electron chi connectivity index (χ3n) is 2.30. The number of benzene rings is 1. The first-order valence-corrected chi connectivity index (χ1v) is 5.28. The van der Waals surface area contributed by atoms with Crippen LogP contribution in [0.4, 0.5) is 13.2 Å². The minimum atomic E-state index is -4.33. The molecule has 0 heterocycles. The molecule has 0 aliphatic carbocycles. The number of aliphatic hydroxyl groups is 1. The predicted octanol–water partition coefficient (Wildman–Crippen LogP) is 2.17. The number of hydrogen-bond donors (Lipinski definition) is 1. The van der Waals surface area contributed by atoms with Crippen molar-refractivity contribution >= 4 is 0 Å². The third kappa shape index (κ3) is 4.75. The number of rotatable bonds is 4. The summed E-state index contributed by atoms with van der Waals surface area (Å²) in [4.78, 5) is 1.79. The van der Waals surface area contributed by atoms with Crippen molar-refractivity contribution in [2.45, 2.75) is 18.7 Å². The van der Waals surface area contributed by atoms with Crippen molar-refractivity contribution in [3.05, 3.63) is 35.4 Å². The van der Waals surface area contributed by atoms with Gasteiger partial charge in [0.25, 0.3) is 0 Å². The lowest BCUT2D eigenvalue weighted by molar-refractivity contribution is -0.137. The van der Waals surface area contributed by atoms with Gasteiger partial charge in [-0.15, -0.1) is 0 Å². The van der Waals surface area contributed by atoms with Gasteiger partial charge in [-0.25, -0.2) is 0 Å². The Kier molecular flexibility index (Phi) is 4.54. The maximum Gasteiger partial charge on any atom is 0.416 e. The van der Waals surface area contributed by atoms with E-state index in [1.165, 1.54) is 6.07 Å². The summed E-state index contributed by atoms with van der Waals surface area (Å²) >= 11 is 0. The molecule has 0 fully saturated rings. The van der Waals surface area contributed by atoms with Crippen LogP contribution in [0, 0.1) is 0 Å². The first-order valence-electron chi connectivity index (χ1n) is 5.28. The highest BCUT2D eigenvalue weighted by Gasteiger charge is 2.30. The van der Waals surface area contributed by atoms with Crippen molar-refractivity contribution in [2.75, 3.05) is 20.6 Å². The summed E-state index contributed by atoms with van der Waals surface area (Å²) in [5.74, 6) is 0. The Morgan fingerprint density at radius 2 is 1.94 bits per heavy atom. The van der Waals surface area contributed by atoms with E-state index >= 15 is 0 Å². The second-order valence-corrected chi connectivity index (χ2v) is 4.32. The van der Waals surface area contributed by atoms with Gasteiger partial charge in [0.2, 0.25) is 0 Å². The lowest BCUT2D eigenvalue weighted by Crippen LogP contribution is -2.27. The fourth-order valence-electron chi connectivity index (χ4n) is 1.63. The largest absolute Gasteiger partial charge is 0.416 e. The topological polar surface area (TPSA) is 23.5 Å². The predicted molar refractivity (Wildman–Crippen MR) is 59.7 cm³/mol. The SMILES string of the molecule is CN(C)CC(O)Cc1cccc(C(F)(F)F)c1. The molecule has 5 heteroatoms. The van der Waals surface area contributed by atoms with Gasteiger partial charge in [0.05, 0.1) is 11.7 Å². The smallest absolute Gasteiger partial charge is 0.391 e. The molecule has 1 aromatic carbocycles. The Balaban J connectivity index is 2.72. The van der Waals surface area contributed by atoms with E-state index in [9.17, 15) is 18.3 Å². The van der Waals surface area contributed by atoms with Gasteiger partial charge in [0.1, 0.15) is 0 Å². The van der Waals surface area contributed by atoms with E-state index in [0.29, 0.717) is 12.1 Å². The molecule has 0 saturated carbocycles. The fourth-order valence-corrected chi connectivity index (χ4v) is 1.63. The zero-order valence-electron chi connectivity index (χ0n) is 9.83. The molecular formula is C12H16F3NO. The number of aliphatic hydroxyl groups excluding tert-OH is 1. The molecule has 96 valence electrons. The van der Waals surface area contributed by atoms with E-state index < -0.39 is 17.8 Å². The molecule has 2 nitrogen and oxygen atoms in total. The average Bonchev–Trinajstić information content (AvgIpc) is 2.15. The highest BCUT2D eigenvalue weighted by atomic mass is 19.4. The number of likely N-dealkylation sites (N-methyl/N-ethyl adjacent to an activating group) is 1. The van der Waals surface area contributed by atoms with Gasteiger partial charge >= 0.3 is 6.18 Å². The van der Waals surface area contributed by atoms with E-state index in [-0.39, 0.29) is 6.42 Å². The lowest BCUT2D eigenvalue weighted by Gasteiger charge is -2.16. The van der Waals surface area contributed by atoms with Gasteiger partial charge in [-0.3, -0.25) is 0 Å². The van der Waals surface area contributed by atoms with Crippen molar-refractivity contribution in [3.8, 4) is 0 Å². The quantitative estimate of drug-likeness (QED) is 0.881. The molecule has 0 amide bonds. The number of halogens is 3. The van der Waals surface area contributed by atoms with Crippen LogP contribution in [0.1, 0.15) is 11.1 Å². The number of nitrogens with zero attached hydrogens (tertiary/aromatic N) is 1. The minimum absolute atomic E-state index is 0.224. The van der Waals surface area contributed by atoms with Crippen LogP contribution in [0.2, 0.25) is 0 Å². The van der Waals surface area contributed by atoms with Crippen molar-refractivity contribution in [1.82, 2.24) is 4.90 Å². The molecule has 0 bridgehead atoms. The van der Waals surface area contributed by atoms with Crippen LogP contribution in [0.25, 0.3) is 0 Å². The first kappa shape index (κ1) is 14.0. The Labute approximate surface area is 98.7 Å². The fraction of sp³-hybridized carbons (Fsp3) is 0.500. The monoisotopic (exact) mass is 247 g/mol. The maximum absolute atomic E-state index is 12.4. The molecule has 0 aliphatic heterocycles. The molecule has 1 unspecified atom stereocenters. The summed E-state index contributed by atoms with van der Waals surface area (Å²) < 4.78 is 37.3. The molecule has 0 saturated heterocycles. The second-order valence-electron chi connectivity index (χ2n) is 4.32. The van der Waals surface area contributed by atoms with Crippen molar-refractivity contribution < 1.29 is 18.3 Å². The summed E-state index contributed by atoms with van der Waals surface area (Å²) in [5.41, 5.74) is -0.179. The summed E-state index contributed by atoms with van der Waals surface area (Å²) in [6.07, 6.45) is -4.77. The van der Waals surface area contributed by atoms with E-state index in [1.54, 1.807) is 25.1 Å². The zero-order chi connectivity index (χ0) is 13.1. The van der Waals surface area contributed by atoms with Crippen molar-refractivity contribution in [2.24, 2.45) is 0 Å². The maximum atomic E-state index is 12.4. The van der Waals surface area contributed by atoms with Crippen LogP contribution >= 0.6 is 0 Å². The van der Waals surface area contributed by atoms with E-state index in [0.717, 1.165) is 12.1 Å². The van der Waals surface area contributed by atoms with Crippen molar-refractivity contribution in [1.29, 1.82) is 0 Å². The van der Waals surface area contributed by atoms with Gasteiger partial charge in [-0.1, -0.05) is 18.2 Å². The van der Waals surface area contributed by atoms with Gasteiger partial charge in [0, 0.05) is 6.54 Å². The molecule has 1 rings (SSSR count). The Bertz CT molecular complexity index is 363. The van der Waals surface area contributed by atoms with Gasteiger partial charge < -0.3 is 10.0 Å². The van der Waals surface area contributed by atoms with Gasteiger partial charge in [-0.2, -0.15) is 13.2 Å². The van der Waals surface area contributed by atoms with Crippen LogP contribution < -0.4 is 0 Å². The van der Waals surface area contributed by atoms with E-state index in [1.807, 2.05) is 0 Å². The number of hydrogen-bond acceptors (Lipinski definition) is 2. The summed E-state index contributed by atoms with van der Waals surface area (Å²) in [5, 5.41) is 9.64. The summed E-state index contributed by atoms with van der Waals surface area (Å²) in [6.45, 7) is 0.427. The molecule has 1 N–H and O–H groups in total. The summed E-state index contributed by atoms with van der Waals surface area (Å²) in [7, 11) is 3.60. The lowest BCUT2D eigenvalue weighted by atomic mass is 10.0. The molecule has 0 aliphatic rings. The second kappa shape index (κ2) is 5.51. The zero-order valence-corrected chi connectivity index (χ0v) is 9.83. The van der Waals surface area contributed by atoms with Gasteiger partial charge in [0.15, 0.2) is 0 Å². The molecule has 17 heavy (non-hydrogen) atoms. The minimum Gasteiger partial charge on any atom is -0.391 e. The molecule has 0 radical (unpaired) electrons. The Morgan fingerprint density at radius 1 is 1.29 bits per heavy atom. The normalized spacial score (nSPS) is 14.1. The van der Waals surface area contributed by atoms with Crippen LogP contribution in [-0.4, -0.2) is 36.8 Å². The Morgan fingerprint density at radius 3 is 2.47 bits per heavy atom. The average molecular weight is 247 g/mol. The summed E-state index contributed by atoms with van der Waals surface area (Å²) in [6, 6.07) is 5.06. The standard InChI is InChI=1S/C12H16F3NO/c1-16(2)8-11(17)7-9-4-3-5-10(6-9)12(13,14)15/h3-6,11,17H,7-8H2,1-2H3. The van der Waals surface area contributed by atoms with Crippen LogP contribution in [0.5, 0.6) is 0 Å². The first-order chi connectivity index (χ1) is 7.79. The molecule has 0 spiro atoms. The highest BCUT2D eigenvalue weighted by Crippen LogP contribution is 2.29. The molecule has 0 aromatic heterocycles. The van der Waals surface area contributed by atoms with Gasteiger partial charge in [-0.05, 0) is 32.1 Å². The van der Waals surface area contributed by atoms with Crippen molar-refractivity contribution in [3.63, 3.8) is 0 Å². The van der Waals surface area contributed by atoms with E-state index in [4.69, 9.17) is 0 Å². The van der Waals surface area contributed by atoms with Crippen LogP contribution in [0.3, 0.4) is 0 Å². The molecular weight excluding hydrogens is 231 g/mol.